The van der Waals surface area contributed by atoms with E-state index >= 15 is 0 Å². The summed E-state index contributed by atoms with van der Waals surface area (Å²) in [5.74, 6) is -0.923. The number of hydrogen-bond acceptors (Lipinski definition) is 3. The highest BCUT2D eigenvalue weighted by Gasteiger charge is 2.68. The third-order valence-corrected chi connectivity index (χ3v) is 4.55. The van der Waals surface area contributed by atoms with Gasteiger partial charge < -0.3 is 0 Å². The van der Waals surface area contributed by atoms with Crippen LogP contribution in [0.5, 0.6) is 0 Å². The van der Waals surface area contributed by atoms with Crippen LogP contribution in [0.25, 0.3) is 6.08 Å². The van der Waals surface area contributed by atoms with Gasteiger partial charge >= 0.3 is 12.4 Å². The summed E-state index contributed by atoms with van der Waals surface area (Å²) in [5.41, 5.74) is -2.04. The van der Waals surface area contributed by atoms with E-state index in [2.05, 4.69) is 11.6 Å². The molecule has 0 radical (unpaired) electrons. The summed E-state index contributed by atoms with van der Waals surface area (Å²) >= 11 is 0. The molecule has 146 valence electrons. The van der Waals surface area contributed by atoms with Crippen molar-refractivity contribution in [3.63, 3.8) is 0 Å². The van der Waals surface area contributed by atoms with Gasteiger partial charge in [0.05, 0.1) is 4.90 Å². The maximum atomic E-state index is 12.8. The molecule has 12 heteroatoms. The van der Waals surface area contributed by atoms with Crippen LogP contribution < -0.4 is 10.3 Å². The van der Waals surface area contributed by atoms with Gasteiger partial charge in [-0.3, -0.25) is 5.43 Å². The van der Waals surface area contributed by atoms with Gasteiger partial charge in [0.25, 0.3) is 10.0 Å². The van der Waals surface area contributed by atoms with Gasteiger partial charge in [-0.25, -0.2) is 13.4 Å². The molecule has 26 heavy (non-hydrogen) atoms. The van der Waals surface area contributed by atoms with E-state index in [-0.39, 0.29) is 11.8 Å². The number of aliphatic imine (C=N–C) groups is 1. The van der Waals surface area contributed by atoms with Gasteiger partial charge in [0.2, 0.25) is 5.54 Å². The lowest BCUT2D eigenvalue weighted by atomic mass is 10.0. The van der Waals surface area contributed by atoms with Crippen molar-refractivity contribution < 1.29 is 34.8 Å². The van der Waals surface area contributed by atoms with E-state index in [1.54, 1.807) is 10.3 Å². The number of hydrogen-bond donors (Lipinski definition) is 2. The Morgan fingerprint density at radius 2 is 1.54 bits per heavy atom. The highest BCUT2D eigenvalue weighted by atomic mass is 32.2. The third-order valence-electron chi connectivity index (χ3n) is 3.29. The van der Waals surface area contributed by atoms with E-state index in [4.69, 9.17) is 0 Å². The van der Waals surface area contributed by atoms with Crippen LogP contribution in [0.3, 0.4) is 0 Å². The predicted octanol–water partition coefficient (Wildman–Crippen LogP) is 3.41. The Morgan fingerprint density at radius 3 is 1.92 bits per heavy atom. The first-order valence-corrected chi connectivity index (χ1v) is 8.32. The fourth-order valence-corrected chi connectivity index (χ4v) is 2.53. The molecule has 0 spiro atoms. The first-order valence-electron chi connectivity index (χ1n) is 6.84. The van der Waals surface area contributed by atoms with E-state index in [9.17, 15) is 34.8 Å². The number of alkyl halides is 6. The molecule has 0 bridgehead atoms. The van der Waals surface area contributed by atoms with Crippen molar-refractivity contribution in [2.75, 3.05) is 0 Å². The van der Waals surface area contributed by atoms with Crippen molar-refractivity contribution in [1.29, 1.82) is 0 Å². The predicted molar refractivity (Wildman–Crippen MR) is 83.6 cm³/mol. The number of nitrogens with one attached hydrogen (secondary N) is 2. The smallest absolute Gasteiger partial charge is 0.296 e. The molecule has 0 aromatic heterocycles. The lowest BCUT2D eigenvalue weighted by Gasteiger charge is -2.30. The van der Waals surface area contributed by atoms with E-state index < -0.39 is 33.8 Å². The average molecular weight is 403 g/mol. The molecular formula is C14H15F6N3O2S. The fourth-order valence-electron chi connectivity index (χ4n) is 1.63. The summed E-state index contributed by atoms with van der Waals surface area (Å²) in [6.45, 7) is 4.09. The molecule has 5 nitrogen and oxygen atoms in total. The molecule has 0 unspecified atom stereocenters. The minimum absolute atomic E-state index is 0.152. The lowest BCUT2D eigenvalue weighted by molar-refractivity contribution is -0.289. The standard InChI is InChI=1S/C14H15F6N3O2S/c1-4-10-5-7-11(8-6-10)26(24,25)23-22-9(2)21-12(3,13(15,16)17)14(18,19)20/h4-8,23H,1H2,2-3H3,(H,21,22). The Kier molecular flexibility index (Phi) is 6.14. The zero-order chi connectivity index (χ0) is 20.4. The Labute approximate surface area is 145 Å². The molecule has 1 aromatic carbocycles. The first kappa shape index (κ1) is 22.0. The van der Waals surface area contributed by atoms with Gasteiger partial charge in [-0.15, -0.1) is 4.83 Å². The van der Waals surface area contributed by atoms with Crippen molar-refractivity contribution in [3.05, 3.63) is 36.4 Å². The molecule has 0 atom stereocenters. The van der Waals surface area contributed by atoms with Crippen molar-refractivity contribution in [2.24, 2.45) is 4.99 Å². The molecule has 0 aliphatic carbocycles. The molecule has 1 rings (SSSR count). The molecule has 0 aliphatic rings. The van der Waals surface area contributed by atoms with E-state index in [0.29, 0.717) is 5.56 Å². The second kappa shape index (κ2) is 7.27. The largest absolute Gasteiger partial charge is 0.422 e. The number of nitrogens with zero attached hydrogens (tertiary/aromatic N) is 1. The molecular weight excluding hydrogens is 388 g/mol. The zero-order valence-corrected chi connectivity index (χ0v) is 14.4. The van der Waals surface area contributed by atoms with E-state index in [1.165, 1.54) is 30.3 Å². The van der Waals surface area contributed by atoms with Gasteiger partial charge in [-0.1, -0.05) is 24.8 Å². The average Bonchev–Trinajstić information content (AvgIpc) is 2.51. The summed E-state index contributed by atoms with van der Waals surface area (Å²) in [4.78, 5) is 3.99. The maximum absolute atomic E-state index is 12.8. The topological polar surface area (TPSA) is 70.6 Å². The third kappa shape index (κ3) is 4.75. The number of rotatable bonds is 5. The van der Waals surface area contributed by atoms with Crippen LogP contribution in [0.2, 0.25) is 0 Å². The second-order valence-corrected chi connectivity index (χ2v) is 6.95. The number of halogens is 6. The van der Waals surface area contributed by atoms with Gasteiger partial charge in [-0.2, -0.15) is 26.3 Å². The molecule has 0 saturated carbocycles. The summed E-state index contributed by atoms with van der Waals surface area (Å²) in [7, 11) is -4.25. The summed E-state index contributed by atoms with van der Waals surface area (Å²) < 4.78 is 101. The Balaban J connectivity index is 3.03. The van der Waals surface area contributed by atoms with E-state index in [0.717, 1.165) is 6.92 Å². The van der Waals surface area contributed by atoms with Crippen LogP contribution in [0.15, 0.2) is 40.7 Å². The fraction of sp³-hybridized carbons (Fsp3) is 0.357. The Bertz CT molecular complexity index is 768. The van der Waals surface area contributed by atoms with Crippen molar-refractivity contribution >= 4 is 21.9 Å². The van der Waals surface area contributed by atoms with Gasteiger partial charge in [0, 0.05) is 0 Å². The first-order chi connectivity index (χ1) is 11.6. The van der Waals surface area contributed by atoms with Crippen LogP contribution >= 0.6 is 0 Å². The molecule has 1 aromatic rings. The Hall–Kier alpha value is -2.08. The quantitative estimate of drug-likeness (QED) is 0.343. The zero-order valence-electron chi connectivity index (χ0n) is 13.5. The summed E-state index contributed by atoms with van der Waals surface area (Å²) in [6.07, 6.45) is -10.0. The van der Waals surface area contributed by atoms with Crippen molar-refractivity contribution in [3.8, 4) is 0 Å². The van der Waals surface area contributed by atoms with Crippen LogP contribution in [0.4, 0.5) is 26.3 Å². The van der Waals surface area contributed by atoms with Crippen molar-refractivity contribution in [2.45, 2.75) is 36.6 Å². The molecule has 0 amide bonds. The van der Waals surface area contributed by atoms with Crippen LogP contribution in [-0.4, -0.2) is 32.1 Å². The van der Waals surface area contributed by atoms with Crippen LogP contribution in [-0.2, 0) is 10.0 Å². The number of hydrazine groups is 1. The number of sulfonamides is 1. The highest BCUT2D eigenvalue weighted by molar-refractivity contribution is 7.89. The molecule has 0 fully saturated rings. The summed E-state index contributed by atoms with van der Waals surface area (Å²) in [5, 5.41) is 0. The van der Waals surface area contributed by atoms with Gasteiger partial charge in [0.15, 0.2) is 0 Å². The van der Waals surface area contributed by atoms with Gasteiger partial charge in [-0.05, 0) is 31.5 Å². The normalized spacial score (nSPS) is 14.2. The Morgan fingerprint density at radius 1 is 1.08 bits per heavy atom. The van der Waals surface area contributed by atoms with Gasteiger partial charge in [0.1, 0.15) is 5.84 Å². The molecule has 0 heterocycles. The van der Waals surface area contributed by atoms with Crippen LogP contribution in [0, 0.1) is 0 Å². The van der Waals surface area contributed by atoms with Crippen molar-refractivity contribution in [1.82, 2.24) is 10.3 Å². The monoisotopic (exact) mass is 403 g/mol. The molecule has 0 saturated heterocycles. The van der Waals surface area contributed by atoms with E-state index in [1.807, 2.05) is 0 Å². The lowest BCUT2D eigenvalue weighted by Crippen LogP contribution is -2.54. The minimum atomic E-state index is -5.73. The highest BCUT2D eigenvalue weighted by Crippen LogP contribution is 2.45. The summed E-state index contributed by atoms with van der Waals surface area (Å²) in [6, 6.07) is 5.19. The minimum Gasteiger partial charge on any atom is -0.296 e. The SMILES string of the molecule is C=Cc1ccc(S(=O)(=O)NNC(C)=NC(C)(C(F)(F)F)C(F)(F)F)cc1. The van der Waals surface area contributed by atoms with Crippen LogP contribution in [0.1, 0.15) is 19.4 Å². The second-order valence-electron chi connectivity index (χ2n) is 5.27. The maximum Gasteiger partial charge on any atom is 0.422 e. The molecule has 0 aliphatic heterocycles. The number of benzene rings is 1. The number of amidine groups is 1. The molecule has 2 N–H and O–H groups in total.